The van der Waals surface area contributed by atoms with Gasteiger partial charge in [-0.3, -0.25) is 9.59 Å². The molecule has 2 N–H and O–H groups in total. The molecule has 0 radical (unpaired) electrons. The highest BCUT2D eigenvalue weighted by Gasteiger charge is 2.13. The Kier molecular flexibility index (Phi) is 5.53. The number of aromatic nitrogens is 2. The molecule has 25 heavy (non-hydrogen) atoms. The maximum Gasteiger partial charge on any atom is 0.273 e. The summed E-state index contributed by atoms with van der Waals surface area (Å²) in [4.78, 5) is 27.7. The molecule has 0 saturated carbocycles. The highest BCUT2D eigenvalue weighted by Crippen LogP contribution is 2.19. The number of hydrogen-bond donors (Lipinski definition) is 2. The summed E-state index contributed by atoms with van der Waals surface area (Å²) in [5.74, 6) is 0.0228. The van der Waals surface area contributed by atoms with Crippen LogP contribution in [0.15, 0.2) is 51.8 Å². The minimum absolute atomic E-state index is 0.211. The van der Waals surface area contributed by atoms with Gasteiger partial charge in [-0.05, 0) is 6.42 Å². The van der Waals surface area contributed by atoms with E-state index in [1.54, 1.807) is 17.0 Å². The molecule has 8 heteroatoms. The second-order valence-electron chi connectivity index (χ2n) is 5.18. The van der Waals surface area contributed by atoms with Gasteiger partial charge in [-0.1, -0.05) is 35.5 Å². The van der Waals surface area contributed by atoms with Gasteiger partial charge in [0, 0.05) is 30.1 Å². The van der Waals surface area contributed by atoms with Crippen LogP contribution in [0.25, 0.3) is 11.3 Å². The molecular weight excluding hydrogens is 340 g/mol. The third-order valence-corrected chi connectivity index (χ3v) is 3.98. The number of carbonyl (C=O) groups excluding carboxylic acids is 2. The lowest BCUT2D eigenvalue weighted by atomic mass is 10.1. The molecule has 0 spiro atoms. The van der Waals surface area contributed by atoms with Gasteiger partial charge in [-0.25, -0.2) is 4.98 Å². The predicted octanol–water partition coefficient (Wildman–Crippen LogP) is 2.35. The molecule has 0 aliphatic rings. The zero-order chi connectivity index (χ0) is 17.5. The maximum atomic E-state index is 12.0. The summed E-state index contributed by atoms with van der Waals surface area (Å²) in [5.41, 5.74) is 3.10. The molecule has 0 unspecified atom stereocenters. The van der Waals surface area contributed by atoms with Crippen LogP contribution in [-0.4, -0.2) is 35.0 Å². The summed E-state index contributed by atoms with van der Waals surface area (Å²) in [5, 5.41) is 11.0. The van der Waals surface area contributed by atoms with Gasteiger partial charge in [0.05, 0.1) is 5.51 Å². The first-order chi connectivity index (χ1) is 12.2. The average molecular weight is 356 g/mol. The molecule has 0 aliphatic heterocycles. The van der Waals surface area contributed by atoms with Crippen LogP contribution in [-0.2, 0) is 0 Å². The van der Waals surface area contributed by atoms with Crippen LogP contribution in [0.2, 0.25) is 0 Å². The van der Waals surface area contributed by atoms with E-state index >= 15 is 0 Å². The molecule has 7 nitrogen and oxygen atoms in total. The van der Waals surface area contributed by atoms with E-state index in [1.807, 2.05) is 30.3 Å². The molecule has 0 bridgehead atoms. The van der Waals surface area contributed by atoms with E-state index < -0.39 is 0 Å². The van der Waals surface area contributed by atoms with E-state index in [0.29, 0.717) is 31.0 Å². The Morgan fingerprint density at radius 3 is 2.44 bits per heavy atom. The molecule has 128 valence electrons. The number of benzene rings is 1. The van der Waals surface area contributed by atoms with Gasteiger partial charge >= 0.3 is 0 Å². The van der Waals surface area contributed by atoms with Gasteiger partial charge in [0.1, 0.15) is 5.69 Å². The van der Waals surface area contributed by atoms with Crippen LogP contribution in [0.4, 0.5) is 0 Å². The van der Waals surface area contributed by atoms with E-state index in [4.69, 9.17) is 4.52 Å². The van der Waals surface area contributed by atoms with Gasteiger partial charge in [-0.2, -0.15) is 0 Å². The number of carbonyl (C=O) groups is 2. The quantitative estimate of drug-likeness (QED) is 0.633. The molecule has 3 rings (SSSR count). The fraction of sp³-hybridized carbons (Fsp3) is 0.176. The van der Waals surface area contributed by atoms with Crippen LogP contribution in [0, 0.1) is 0 Å². The Bertz CT molecular complexity index is 831. The second kappa shape index (κ2) is 8.20. The van der Waals surface area contributed by atoms with E-state index in [1.165, 1.54) is 11.3 Å². The first-order valence-electron chi connectivity index (χ1n) is 7.71. The van der Waals surface area contributed by atoms with Crippen molar-refractivity contribution in [3.05, 3.63) is 58.7 Å². The van der Waals surface area contributed by atoms with Gasteiger partial charge in [-0.15, -0.1) is 11.3 Å². The van der Waals surface area contributed by atoms with Crippen molar-refractivity contribution in [1.29, 1.82) is 0 Å². The summed E-state index contributed by atoms with van der Waals surface area (Å²) >= 11 is 1.37. The van der Waals surface area contributed by atoms with Gasteiger partial charge < -0.3 is 15.2 Å². The summed E-state index contributed by atoms with van der Waals surface area (Å²) < 4.78 is 5.20. The average Bonchev–Trinajstić information content (AvgIpc) is 3.34. The standard InChI is InChI=1S/C17H16N4O3S/c22-16(13-9-15(24-21-13)12-5-2-1-3-6-12)18-7-4-8-19-17(23)14-10-25-11-20-14/h1-3,5-6,9-11H,4,7-8H2,(H,18,22)(H,19,23). The normalized spacial score (nSPS) is 10.4. The van der Waals surface area contributed by atoms with Gasteiger partial charge in [0.25, 0.3) is 11.8 Å². The monoisotopic (exact) mass is 356 g/mol. The topological polar surface area (TPSA) is 97.1 Å². The molecule has 0 fully saturated rings. The van der Waals surface area contributed by atoms with Crippen LogP contribution in [0.1, 0.15) is 27.4 Å². The summed E-state index contributed by atoms with van der Waals surface area (Å²) in [7, 11) is 0. The predicted molar refractivity (Wildman–Crippen MR) is 93.3 cm³/mol. The molecule has 2 aromatic heterocycles. The molecular formula is C17H16N4O3S. The number of nitrogens with one attached hydrogen (secondary N) is 2. The number of hydrogen-bond acceptors (Lipinski definition) is 6. The fourth-order valence-corrected chi connectivity index (χ4v) is 2.65. The summed E-state index contributed by atoms with van der Waals surface area (Å²) in [6.07, 6.45) is 0.602. The van der Waals surface area contributed by atoms with Crippen molar-refractivity contribution >= 4 is 23.2 Å². The first kappa shape index (κ1) is 16.8. The molecule has 3 aromatic rings. The fourth-order valence-electron chi connectivity index (χ4n) is 2.12. The summed E-state index contributed by atoms with van der Waals surface area (Å²) in [6.45, 7) is 0.869. The van der Waals surface area contributed by atoms with Gasteiger partial charge in [0.2, 0.25) is 0 Å². The smallest absolute Gasteiger partial charge is 0.273 e. The van der Waals surface area contributed by atoms with Crippen molar-refractivity contribution < 1.29 is 14.1 Å². The first-order valence-corrected chi connectivity index (χ1v) is 8.65. The zero-order valence-corrected chi connectivity index (χ0v) is 14.1. The van der Waals surface area contributed by atoms with Gasteiger partial charge in [0.15, 0.2) is 11.5 Å². The lowest BCUT2D eigenvalue weighted by Gasteiger charge is -2.04. The minimum atomic E-state index is -0.309. The Labute approximate surface area is 148 Å². The van der Waals surface area contributed by atoms with E-state index in [0.717, 1.165) is 5.56 Å². The van der Waals surface area contributed by atoms with E-state index in [9.17, 15) is 9.59 Å². The van der Waals surface area contributed by atoms with E-state index in [2.05, 4.69) is 20.8 Å². The highest BCUT2D eigenvalue weighted by molar-refractivity contribution is 7.07. The van der Waals surface area contributed by atoms with Crippen LogP contribution >= 0.6 is 11.3 Å². The number of amides is 2. The van der Waals surface area contributed by atoms with Crippen molar-refractivity contribution in [1.82, 2.24) is 20.8 Å². The van der Waals surface area contributed by atoms with Crippen LogP contribution in [0.3, 0.4) is 0 Å². The Hall–Kier alpha value is -3.00. The largest absolute Gasteiger partial charge is 0.355 e. The third kappa shape index (κ3) is 4.51. The second-order valence-corrected chi connectivity index (χ2v) is 5.90. The van der Waals surface area contributed by atoms with Crippen molar-refractivity contribution in [2.45, 2.75) is 6.42 Å². The molecule has 0 aliphatic carbocycles. The maximum absolute atomic E-state index is 12.0. The lowest BCUT2D eigenvalue weighted by molar-refractivity contribution is 0.0944. The molecule has 2 heterocycles. The molecule has 2 amide bonds. The van der Waals surface area contributed by atoms with Crippen molar-refractivity contribution in [2.24, 2.45) is 0 Å². The van der Waals surface area contributed by atoms with E-state index in [-0.39, 0.29) is 17.5 Å². The number of nitrogens with zero attached hydrogens (tertiary/aromatic N) is 2. The molecule has 1 aromatic carbocycles. The third-order valence-electron chi connectivity index (χ3n) is 3.39. The van der Waals surface area contributed by atoms with Crippen LogP contribution in [0.5, 0.6) is 0 Å². The zero-order valence-electron chi connectivity index (χ0n) is 13.3. The van der Waals surface area contributed by atoms with Crippen LogP contribution < -0.4 is 10.6 Å². The summed E-state index contributed by atoms with van der Waals surface area (Å²) in [6, 6.07) is 11.0. The molecule has 0 saturated heterocycles. The SMILES string of the molecule is O=C(NCCCNC(=O)c1cc(-c2ccccc2)on1)c1cscn1. The highest BCUT2D eigenvalue weighted by atomic mass is 32.1. The van der Waals surface area contributed by atoms with Crippen molar-refractivity contribution in [3.8, 4) is 11.3 Å². The Balaban J connectivity index is 1.41. The minimum Gasteiger partial charge on any atom is -0.355 e. The molecule has 0 atom stereocenters. The Morgan fingerprint density at radius 2 is 1.76 bits per heavy atom. The Morgan fingerprint density at radius 1 is 1.04 bits per heavy atom. The lowest BCUT2D eigenvalue weighted by Crippen LogP contribution is -2.30. The number of thiazole rings is 1. The van der Waals surface area contributed by atoms with Crippen molar-refractivity contribution in [2.75, 3.05) is 13.1 Å². The number of rotatable bonds is 7. The van der Waals surface area contributed by atoms with Crippen molar-refractivity contribution in [3.63, 3.8) is 0 Å².